The molecule has 2 atom stereocenters. The first kappa shape index (κ1) is 16.6. The third-order valence-corrected chi connectivity index (χ3v) is 3.46. The van der Waals surface area contributed by atoms with Gasteiger partial charge in [-0.1, -0.05) is 6.42 Å². The summed E-state index contributed by atoms with van der Waals surface area (Å²) in [5, 5.41) is 9.96. The van der Waals surface area contributed by atoms with E-state index in [9.17, 15) is 9.90 Å². The summed E-state index contributed by atoms with van der Waals surface area (Å²) >= 11 is 0. The molecular weight excluding hydrogens is 246 g/mol. The number of Topliss-reactive ketones (excluding diaryl/α,β-unsaturated/α-hetero) is 1. The van der Waals surface area contributed by atoms with Gasteiger partial charge >= 0.3 is 0 Å². The van der Waals surface area contributed by atoms with E-state index in [0.29, 0.717) is 38.8 Å². The van der Waals surface area contributed by atoms with Crippen LogP contribution >= 0.6 is 0 Å². The lowest BCUT2D eigenvalue weighted by molar-refractivity contribution is -0.118. The number of hydrogen-bond acceptors (Lipinski definition) is 5. The Kier molecular flexibility index (Phi) is 8.21. The summed E-state index contributed by atoms with van der Waals surface area (Å²) in [4.78, 5) is 13.5. The second-order valence-corrected chi connectivity index (χ2v) is 5.27. The van der Waals surface area contributed by atoms with Crippen LogP contribution in [-0.2, 0) is 14.3 Å². The van der Waals surface area contributed by atoms with Gasteiger partial charge in [0.1, 0.15) is 5.78 Å². The molecule has 1 aliphatic heterocycles. The monoisotopic (exact) mass is 273 g/mol. The number of aliphatic hydroxyl groups excluding tert-OH is 1. The Balaban J connectivity index is 2.28. The molecule has 0 bridgehead atoms. The number of β-amino-alcohol motifs (C(OH)–C–C–N with tert-alkyl or cyclic N) is 1. The van der Waals surface area contributed by atoms with E-state index in [1.165, 1.54) is 6.42 Å². The number of methoxy groups -OCH3 is 1. The largest absolute Gasteiger partial charge is 0.389 e. The van der Waals surface area contributed by atoms with Crippen molar-refractivity contribution in [3.63, 3.8) is 0 Å². The van der Waals surface area contributed by atoms with Crippen LogP contribution in [0.15, 0.2) is 0 Å². The molecule has 1 saturated heterocycles. The van der Waals surface area contributed by atoms with Crippen LogP contribution in [0, 0.1) is 0 Å². The van der Waals surface area contributed by atoms with Crippen LogP contribution in [0.25, 0.3) is 0 Å². The van der Waals surface area contributed by atoms with Gasteiger partial charge in [0.25, 0.3) is 0 Å². The summed E-state index contributed by atoms with van der Waals surface area (Å²) in [7, 11) is 1.62. The minimum Gasteiger partial charge on any atom is -0.389 e. The molecule has 1 fully saturated rings. The number of carbonyl (C=O) groups excluding carboxylic acids is 1. The van der Waals surface area contributed by atoms with Gasteiger partial charge in [-0.25, -0.2) is 0 Å². The van der Waals surface area contributed by atoms with Crippen LogP contribution in [-0.4, -0.2) is 68.0 Å². The fourth-order valence-corrected chi connectivity index (χ4v) is 2.55. The maximum absolute atomic E-state index is 11.3. The number of nitrogens with zero attached hydrogens (tertiary/aromatic N) is 1. The fraction of sp³-hybridized carbons (Fsp3) is 0.929. The second-order valence-electron chi connectivity index (χ2n) is 5.27. The number of piperidine rings is 1. The van der Waals surface area contributed by atoms with Crippen molar-refractivity contribution < 1.29 is 19.4 Å². The van der Waals surface area contributed by atoms with Gasteiger partial charge in [-0.05, 0) is 26.3 Å². The smallest absolute Gasteiger partial charge is 0.131 e. The highest BCUT2D eigenvalue weighted by atomic mass is 16.5. The third-order valence-electron chi connectivity index (χ3n) is 3.46. The number of ketones is 1. The van der Waals surface area contributed by atoms with E-state index in [0.717, 1.165) is 19.4 Å². The average Bonchev–Trinajstić information content (AvgIpc) is 2.36. The van der Waals surface area contributed by atoms with Crippen molar-refractivity contribution in [1.82, 2.24) is 4.90 Å². The van der Waals surface area contributed by atoms with Crippen LogP contribution < -0.4 is 0 Å². The molecule has 1 N–H and O–H groups in total. The molecule has 1 rings (SSSR count). The Hall–Kier alpha value is -0.490. The zero-order chi connectivity index (χ0) is 14.1. The Morgan fingerprint density at radius 3 is 2.89 bits per heavy atom. The van der Waals surface area contributed by atoms with Crippen molar-refractivity contribution >= 4 is 5.78 Å². The number of rotatable bonds is 9. The average molecular weight is 273 g/mol. The summed E-state index contributed by atoms with van der Waals surface area (Å²) < 4.78 is 10.2. The normalized spacial score (nSPS) is 22.4. The van der Waals surface area contributed by atoms with Gasteiger partial charge in [-0.2, -0.15) is 0 Å². The topological polar surface area (TPSA) is 59.0 Å². The van der Waals surface area contributed by atoms with E-state index in [2.05, 4.69) is 4.90 Å². The first-order chi connectivity index (χ1) is 9.13. The van der Waals surface area contributed by atoms with Crippen molar-refractivity contribution in [3.8, 4) is 0 Å². The number of likely N-dealkylation sites (tertiary alicyclic amines) is 1. The Morgan fingerprint density at radius 1 is 1.42 bits per heavy atom. The van der Waals surface area contributed by atoms with E-state index in [1.54, 1.807) is 14.0 Å². The standard InChI is InChI=1S/C14H27NO4/c1-12(16)9-13-5-3-4-6-15(13)10-14(17)11-19-8-7-18-2/h13-14,17H,3-11H2,1-2H3. The predicted octanol–water partition coefficient (Wildman–Crippen LogP) is 0.844. The zero-order valence-electron chi connectivity index (χ0n) is 12.1. The second kappa shape index (κ2) is 9.42. The lowest BCUT2D eigenvalue weighted by atomic mass is 9.97. The molecule has 0 spiro atoms. The minimum atomic E-state index is -0.496. The molecule has 5 heteroatoms. The van der Waals surface area contributed by atoms with E-state index in [-0.39, 0.29) is 5.78 Å². The molecular formula is C14H27NO4. The van der Waals surface area contributed by atoms with E-state index >= 15 is 0 Å². The van der Waals surface area contributed by atoms with E-state index < -0.39 is 6.10 Å². The highest BCUT2D eigenvalue weighted by Gasteiger charge is 2.25. The van der Waals surface area contributed by atoms with Crippen LogP contribution in [0.2, 0.25) is 0 Å². The lowest BCUT2D eigenvalue weighted by Crippen LogP contribution is -2.45. The highest BCUT2D eigenvalue weighted by molar-refractivity contribution is 5.76. The number of hydrogen-bond donors (Lipinski definition) is 1. The first-order valence-corrected chi connectivity index (χ1v) is 7.11. The molecule has 5 nitrogen and oxygen atoms in total. The Morgan fingerprint density at radius 2 is 2.21 bits per heavy atom. The quantitative estimate of drug-likeness (QED) is 0.631. The summed E-state index contributed by atoms with van der Waals surface area (Å²) in [5.74, 6) is 0.225. The molecule has 0 aromatic heterocycles. The zero-order valence-corrected chi connectivity index (χ0v) is 12.1. The molecule has 112 valence electrons. The van der Waals surface area contributed by atoms with Crippen LogP contribution in [0.3, 0.4) is 0 Å². The van der Waals surface area contributed by atoms with Gasteiger partial charge in [0.15, 0.2) is 0 Å². The van der Waals surface area contributed by atoms with Gasteiger partial charge in [0, 0.05) is 26.1 Å². The number of aliphatic hydroxyl groups is 1. The third kappa shape index (κ3) is 7.01. The maximum atomic E-state index is 11.3. The van der Waals surface area contributed by atoms with Gasteiger partial charge in [-0.3, -0.25) is 9.69 Å². The molecule has 1 aliphatic rings. The molecule has 0 aromatic rings. The summed E-state index contributed by atoms with van der Waals surface area (Å²) in [6, 6.07) is 0.292. The van der Waals surface area contributed by atoms with Gasteiger partial charge in [-0.15, -0.1) is 0 Å². The van der Waals surface area contributed by atoms with Crippen molar-refractivity contribution in [2.24, 2.45) is 0 Å². The SMILES string of the molecule is COCCOCC(O)CN1CCCCC1CC(C)=O. The summed E-state index contributed by atoms with van der Waals surface area (Å²) in [5.41, 5.74) is 0. The van der Waals surface area contributed by atoms with Gasteiger partial charge in [0.05, 0.1) is 25.9 Å². The van der Waals surface area contributed by atoms with Gasteiger partial charge in [0.2, 0.25) is 0 Å². The molecule has 2 unspecified atom stereocenters. The maximum Gasteiger partial charge on any atom is 0.131 e. The molecule has 0 amide bonds. The molecule has 1 heterocycles. The Labute approximate surface area is 115 Å². The predicted molar refractivity (Wildman–Crippen MR) is 73.2 cm³/mol. The van der Waals surface area contributed by atoms with Crippen LogP contribution in [0.4, 0.5) is 0 Å². The molecule has 0 radical (unpaired) electrons. The lowest BCUT2D eigenvalue weighted by Gasteiger charge is -2.36. The molecule has 0 aliphatic carbocycles. The van der Waals surface area contributed by atoms with Gasteiger partial charge < -0.3 is 14.6 Å². The minimum absolute atomic E-state index is 0.225. The van der Waals surface area contributed by atoms with Crippen molar-refractivity contribution in [2.45, 2.75) is 44.8 Å². The number of ether oxygens (including phenoxy) is 2. The molecule has 0 aromatic carbocycles. The van der Waals surface area contributed by atoms with Crippen molar-refractivity contribution in [2.75, 3.05) is 40.0 Å². The van der Waals surface area contributed by atoms with Crippen molar-refractivity contribution in [3.05, 3.63) is 0 Å². The first-order valence-electron chi connectivity index (χ1n) is 7.11. The summed E-state index contributed by atoms with van der Waals surface area (Å²) in [6.07, 6.45) is 3.47. The Bertz CT molecular complexity index is 260. The van der Waals surface area contributed by atoms with Crippen LogP contribution in [0.1, 0.15) is 32.6 Å². The van der Waals surface area contributed by atoms with Crippen LogP contribution in [0.5, 0.6) is 0 Å². The molecule has 19 heavy (non-hydrogen) atoms. The van der Waals surface area contributed by atoms with E-state index in [1.807, 2.05) is 0 Å². The summed E-state index contributed by atoms with van der Waals surface area (Å²) in [6.45, 7) is 4.57. The fourth-order valence-electron chi connectivity index (χ4n) is 2.55. The number of carbonyl (C=O) groups is 1. The van der Waals surface area contributed by atoms with E-state index in [4.69, 9.17) is 9.47 Å². The van der Waals surface area contributed by atoms with Crippen molar-refractivity contribution in [1.29, 1.82) is 0 Å². The molecule has 0 saturated carbocycles. The highest BCUT2D eigenvalue weighted by Crippen LogP contribution is 2.20.